The van der Waals surface area contributed by atoms with Crippen LogP contribution >= 0.6 is 0 Å². The molecule has 0 amide bonds. The first-order chi connectivity index (χ1) is 8.22. The molecule has 4 nitrogen and oxygen atoms in total. The van der Waals surface area contributed by atoms with Gasteiger partial charge in [0.15, 0.2) is 0 Å². The van der Waals surface area contributed by atoms with Gasteiger partial charge < -0.3 is 14.6 Å². The Morgan fingerprint density at radius 3 is 2.94 bits per heavy atom. The predicted octanol–water partition coefficient (Wildman–Crippen LogP) is 2.15. The SMILES string of the molecule is COC(=O)CCNc1cn(C)c2ccccc12. The van der Waals surface area contributed by atoms with Crippen molar-refractivity contribution in [3.63, 3.8) is 0 Å². The van der Waals surface area contributed by atoms with Crippen LogP contribution in [-0.4, -0.2) is 24.2 Å². The van der Waals surface area contributed by atoms with E-state index in [4.69, 9.17) is 0 Å². The van der Waals surface area contributed by atoms with Crippen molar-refractivity contribution in [2.45, 2.75) is 6.42 Å². The molecule has 0 radical (unpaired) electrons. The van der Waals surface area contributed by atoms with Crippen LogP contribution < -0.4 is 5.32 Å². The Bertz CT molecular complexity index is 531. The van der Waals surface area contributed by atoms with E-state index in [1.54, 1.807) is 0 Å². The molecule has 0 saturated carbocycles. The number of aromatic nitrogens is 1. The highest BCUT2D eigenvalue weighted by Crippen LogP contribution is 2.24. The Labute approximate surface area is 100 Å². The molecule has 0 aliphatic rings. The van der Waals surface area contributed by atoms with Crippen LogP contribution in [-0.2, 0) is 16.6 Å². The summed E-state index contributed by atoms with van der Waals surface area (Å²) < 4.78 is 6.66. The number of hydrogen-bond acceptors (Lipinski definition) is 3. The Hall–Kier alpha value is -1.97. The van der Waals surface area contributed by atoms with Gasteiger partial charge in [0.2, 0.25) is 0 Å². The number of methoxy groups -OCH3 is 1. The number of carbonyl (C=O) groups is 1. The van der Waals surface area contributed by atoms with Gasteiger partial charge in [-0.05, 0) is 6.07 Å². The van der Waals surface area contributed by atoms with Crippen LogP contribution in [0.4, 0.5) is 5.69 Å². The number of nitrogens with one attached hydrogen (secondary N) is 1. The van der Waals surface area contributed by atoms with Crippen molar-refractivity contribution in [3.8, 4) is 0 Å². The molecular weight excluding hydrogens is 216 g/mol. The number of nitrogens with zero attached hydrogens (tertiary/aromatic N) is 1. The van der Waals surface area contributed by atoms with E-state index in [-0.39, 0.29) is 5.97 Å². The van der Waals surface area contributed by atoms with Gasteiger partial charge in [-0.1, -0.05) is 18.2 Å². The average molecular weight is 232 g/mol. The minimum Gasteiger partial charge on any atom is -0.469 e. The zero-order chi connectivity index (χ0) is 12.3. The first-order valence-corrected chi connectivity index (χ1v) is 5.57. The smallest absolute Gasteiger partial charge is 0.307 e. The first kappa shape index (κ1) is 11.5. The van der Waals surface area contributed by atoms with Gasteiger partial charge in [0.1, 0.15) is 0 Å². The molecule has 0 aliphatic carbocycles. The second kappa shape index (κ2) is 4.91. The van der Waals surface area contributed by atoms with E-state index >= 15 is 0 Å². The molecule has 0 atom stereocenters. The van der Waals surface area contributed by atoms with Crippen molar-refractivity contribution in [2.75, 3.05) is 19.0 Å². The lowest BCUT2D eigenvalue weighted by Crippen LogP contribution is -2.09. The van der Waals surface area contributed by atoms with Crippen LogP contribution in [0.15, 0.2) is 30.5 Å². The van der Waals surface area contributed by atoms with Crippen LogP contribution in [0.5, 0.6) is 0 Å². The second-order valence-electron chi connectivity index (χ2n) is 3.92. The summed E-state index contributed by atoms with van der Waals surface area (Å²) in [6, 6.07) is 8.16. The van der Waals surface area contributed by atoms with E-state index in [0.29, 0.717) is 13.0 Å². The Morgan fingerprint density at radius 1 is 1.41 bits per heavy atom. The summed E-state index contributed by atoms with van der Waals surface area (Å²) in [6.45, 7) is 0.584. The molecule has 1 aromatic carbocycles. The number of ether oxygens (including phenoxy) is 1. The molecule has 0 bridgehead atoms. The quantitative estimate of drug-likeness (QED) is 0.821. The molecule has 0 aliphatic heterocycles. The zero-order valence-electron chi connectivity index (χ0n) is 10.1. The maximum atomic E-state index is 11.0. The van der Waals surface area contributed by atoms with Gasteiger partial charge in [-0.3, -0.25) is 4.79 Å². The summed E-state index contributed by atoms with van der Waals surface area (Å²) in [5.74, 6) is -0.197. The number of esters is 1. The highest BCUT2D eigenvalue weighted by molar-refractivity contribution is 5.93. The average Bonchev–Trinajstić information content (AvgIpc) is 2.67. The van der Waals surface area contributed by atoms with Crippen molar-refractivity contribution in [2.24, 2.45) is 7.05 Å². The van der Waals surface area contributed by atoms with Crippen LogP contribution in [0.3, 0.4) is 0 Å². The number of hydrogen-bond donors (Lipinski definition) is 1. The van der Waals surface area contributed by atoms with Crippen molar-refractivity contribution < 1.29 is 9.53 Å². The molecule has 0 unspecified atom stereocenters. The Kier molecular flexibility index (Phi) is 3.32. The van der Waals surface area contributed by atoms with Gasteiger partial charge in [-0.15, -0.1) is 0 Å². The van der Waals surface area contributed by atoms with Crippen molar-refractivity contribution in [1.29, 1.82) is 0 Å². The molecule has 2 rings (SSSR count). The van der Waals surface area contributed by atoms with Crippen LogP contribution in [0, 0.1) is 0 Å². The molecule has 0 spiro atoms. The molecule has 1 heterocycles. The zero-order valence-corrected chi connectivity index (χ0v) is 10.1. The Morgan fingerprint density at radius 2 is 2.18 bits per heavy atom. The molecule has 17 heavy (non-hydrogen) atoms. The predicted molar refractivity (Wildman–Crippen MR) is 68.0 cm³/mol. The number of para-hydroxylation sites is 1. The Balaban J connectivity index is 2.11. The highest BCUT2D eigenvalue weighted by Gasteiger charge is 2.06. The summed E-state index contributed by atoms with van der Waals surface area (Å²) in [7, 11) is 3.41. The van der Waals surface area contributed by atoms with Crippen molar-refractivity contribution in [1.82, 2.24) is 4.57 Å². The lowest BCUT2D eigenvalue weighted by molar-refractivity contribution is -0.140. The van der Waals surface area contributed by atoms with Crippen LogP contribution in [0.2, 0.25) is 0 Å². The summed E-state index contributed by atoms with van der Waals surface area (Å²) in [6.07, 6.45) is 2.40. The lowest BCUT2D eigenvalue weighted by atomic mass is 10.2. The van der Waals surface area contributed by atoms with E-state index in [0.717, 1.165) is 5.69 Å². The van der Waals surface area contributed by atoms with E-state index in [1.807, 2.05) is 25.4 Å². The molecule has 1 N–H and O–H groups in total. The molecule has 0 saturated heterocycles. The van der Waals surface area contributed by atoms with Gasteiger partial charge in [-0.2, -0.15) is 0 Å². The maximum Gasteiger partial charge on any atom is 0.307 e. The van der Waals surface area contributed by atoms with Gasteiger partial charge in [0.25, 0.3) is 0 Å². The van der Waals surface area contributed by atoms with E-state index in [2.05, 4.69) is 26.8 Å². The number of fused-ring (bicyclic) bond motifs is 1. The van der Waals surface area contributed by atoms with Crippen molar-refractivity contribution >= 4 is 22.6 Å². The largest absolute Gasteiger partial charge is 0.469 e. The number of rotatable bonds is 4. The summed E-state index contributed by atoms with van der Waals surface area (Å²) in [5.41, 5.74) is 2.22. The van der Waals surface area contributed by atoms with Crippen LogP contribution in [0.1, 0.15) is 6.42 Å². The standard InChI is InChI=1S/C13H16N2O2/c1-15-9-11(14-8-7-13(16)17-2)10-5-3-4-6-12(10)15/h3-6,9,14H,7-8H2,1-2H3. The summed E-state index contributed by atoms with van der Waals surface area (Å²) in [4.78, 5) is 11.0. The van der Waals surface area contributed by atoms with Gasteiger partial charge in [0, 0.05) is 30.7 Å². The summed E-state index contributed by atoms with van der Waals surface area (Å²) >= 11 is 0. The fourth-order valence-electron chi connectivity index (χ4n) is 1.88. The first-order valence-electron chi connectivity index (χ1n) is 5.57. The third kappa shape index (κ3) is 2.41. The van der Waals surface area contributed by atoms with E-state index in [9.17, 15) is 4.79 Å². The topological polar surface area (TPSA) is 43.3 Å². The van der Waals surface area contributed by atoms with Gasteiger partial charge in [-0.25, -0.2) is 0 Å². The van der Waals surface area contributed by atoms with E-state index in [1.165, 1.54) is 18.0 Å². The van der Waals surface area contributed by atoms with Gasteiger partial charge in [0.05, 0.1) is 19.2 Å². The number of benzene rings is 1. The molecule has 0 fully saturated rings. The molecule has 4 heteroatoms. The maximum absolute atomic E-state index is 11.0. The van der Waals surface area contributed by atoms with Gasteiger partial charge >= 0.3 is 5.97 Å². The molecule has 1 aromatic heterocycles. The normalized spacial score (nSPS) is 10.5. The second-order valence-corrected chi connectivity index (χ2v) is 3.92. The van der Waals surface area contributed by atoms with Crippen molar-refractivity contribution in [3.05, 3.63) is 30.5 Å². The monoisotopic (exact) mass is 232 g/mol. The number of anilines is 1. The summed E-state index contributed by atoms with van der Waals surface area (Å²) in [5, 5.41) is 4.42. The van der Waals surface area contributed by atoms with Crippen LogP contribution in [0.25, 0.3) is 10.9 Å². The number of carbonyl (C=O) groups excluding carboxylic acids is 1. The minimum absolute atomic E-state index is 0.197. The third-order valence-corrected chi connectivity index (χ3v) is 2.77. The third-order valence-electron chi connectivity index (χ3n) is 2.77. The number of aryl methyl sites for hydroxylation is 1. The van der Waals surface area contributed by atoms with E-state index < -0.39 is 0 Å². The molecule has 90 valence electrons. The highest BCUT2D eigenvalue weighted by atomic mass is 16.5. The molecular formula is C13H16N2O2. The molecule has 2 aromatic rings. The fraction of sp³-hybridized carbons (Fsp3) is 0.308. The minimum atomic E-state index is -0.197. The fourth-order valence-corrected chi connectivity index (χ4v) is 1.88. The lowest BCUT2D eigenvalue weighted by Gasteiger charge is -2.03.